The van der Waals surface area contributed by atoms with Crippen molar-refractivity contribution in [1.82, 2.24) is 0 Å². The minimum absolute atomic E-state index is 0.324. The Morgan fingerprint density at radius 2 is 2.22 bits per heavy atom. The molecule has 1 saturated heterocycles. The molecule has 1 N–H and O–H groups in total. The fourth-order valence-corrected chi connectivity index (χ4v) is 3.66. The smallest absolute Gasteiger partial charge is 0.0581 e. The summed E-state index contributed by atoms with van der Waals surface area (Å²) in [6.07, 6.45) is 3.90. The first-order valence-corrected chi connectivity index (χ1v) is 7.12. The molecular formula is C16H23NO. The lowest BCUT2D eigenvalue weighted by Crippen LogP contribution is -2.40. The van der Waals surface area contributed by atoms with E-state index in [4.69, 9.17) is 4.74 Å². The zero-order chi connectivity index (χ0) is 12.8. The third-order valence-corrected chi connectivity index (χ3v) is 4.66. The highest BCUT2D eigenvalue weighted by molar-refractivity contribution is 5.66. The Kier molecular flexibility index (Phi) is 2.86. The molecule has 0 saturated carbocycles. The summed E-state index contributed by atoms with van der Waals surface area (Å²) in [4.78, 5) is 0. The molecule has 0 radical (unpaired) electrons. The Morgan fingerprint density at radius 1 is 1.39 bits per heavy atom. The van der Waals surface area contributed by atoms with Crippen LogP contribution in [0.2, 0.25) is 0 Å². The first-order valence-electron chi connectivity index (χ1n) is 7.12. The molecule has 18 heavy (non-hydrogen) atoms. The van der Waals surface area contributed by atoms with E-state index in [-0.39, 0.29) is 0 Å². The van der Waals surface area contributed by atoms with Crippen LogP contribution in [0.3, 0.4) is 0 Å². The molecule has 2 unspecified atom stereocenters. The van der Waals surface area contributed by atoms with E-state index in [9.17, 15) is 0 Å². The second-order valence-corrected chi connectivity index (χ2v) is 5.99. The van der Waals surface area contributed by atoms with Gasteiger partial charge in [-0.05, 0) is 44.2 Å². The number of nitrogens with one attached hydrogen (secondary N) is 1. The first kappa shape index (κ1) is 12.0. The zero-order valence-electron chi connectivity index (χ0n) is 11.7. The van der Waals surface area contributed by atoms with Gasteiger partial charge in [-0.1, -0.05) is 24.6 Å². The summed E-state index contributed by atoms with van der Waals surface area (Å²) in [5.74, 6) is 0. The van der Waals surface area contributed by atoms with Crippen LogP contribution >= 0.6 is 0 Å². The van der Waals surface area contributed by atoms with Crippen LogP contribution < -0.4 is 5.32 Å². The third kappa shape index (κ3) is 1.74. The van der Waals surface area contributed by atoms with Crippen molar-refractivity contribution in [2.45, 2.75) is 51.6 Å². The molecule has 98 valence electrons. The molecule has 0 amide bonds. The van der Waals surface area contributed by atoms with Crippen LogP contribution in [-0.4, -0.2) is 19.3 Å². The van der Waals surface area contributed by atoms with Crippen molar-refractivity contribution in [2.24, 2.45) is 0 Å². The lowest BCUT2D eigenvalue weighted by atomic mass is 9.73. The van der Waals surface area contributed by atoms with Gasteiger partial charge in [-0.2, -0.15) is 0 Å². The van der Waals surface area contributed by atoms with E-state index in [0.717, 1.165) is 26.0 Å². The molecule has 3 rings (SSSR count). The van der Waals surface area contributed by atoms with Gasteiger partial charge in [0.2, 0.25) is 0 Å². The minimum Gasteiger partial charge on any atom is -0.384 e. The van der Waals surface area contributed by atoms with Gasteiger partial charge < -0.3 is 10.1 Å². The summed E-state index contributed by atoms with van der Waals surface area (Å²) in [5, 5.41) is 3.65. The third-order valence-electron chi connectivity index (χ3n) is 4.66. The van der Waals surface area contributed by atoms with E-state index >= 15 is 0 Å². The molecule has 0 aromatic heterocycles. The Morgan fingerprint density at radius 3 is 3.00 bits per heavy atom. The Hall–Kier alpha value is -1.02. The quantitative estimate of drug-likeness (QED) is 0.817. The predicted molar refractivity (Wildman–Crippen MR) is 75.3 cm³/mol. The average Bonchev–Trinajstić information content (AvgIpc) is 2.69. The van der Waals surface area contributed by atoms with Gasteiger partial charge in [-0.15, -0.1) is 0 Å². The van der Waals surface area contributed by atoms with Crippen molar-refractivity contribution in [3.63, 3.8) is 0 Å². The molecule has 1 fully saturated rings. The Balaban J connectivity index is 2.03. The fourth-order valence-electron chi connectivity index (χ4n) is 3.66. The van der Waals surface area contributed by atoms with Crippen LogP contribution in [0.4, 0.5) is 5.69 Å². The highest BCUT2D eigenvalue weighted by atomic mass is 16.5. The maximum absolute atomic E-state index is 5.86. The Bertz CT molecular complexity index is 468. The van der Waals surface area contributed by atoms with Crippen LogP contribution in [0.25, 0.3) is 0 Å². The van der Waals surface area contributed by atoms with E-state index in [2.05, 4.69) is 38.2 Å². The standard InChI is InChI=1S/C16H23NO/c1-4-13-9-16(5-6-18-13)10-17-15-12(3)7-11(2)8-14(15)16/h7-8,13,17H,4-6,9-10H2,1-3H3. The summed E-state index contributed by atoms with van der Waals surface area (Å²) in [6.45, 7) is 8.65. The monoisotopic (exact) mass is 245 g/mol. The molecule has 2 aliphatic heterocycles. The number of fused-ring (bicyclic) bond motifs is 2. The van der Waals surface area contributed by atoms with Gasteiger partial charge in [-0.25, -0.2) is 0 Å². The van der Waals surface area contributed by atoms with Crippen molar-refractivity contribution in [2.75, 3.05) is 18.5 Å². The average molecular weight is 245 g/mol. The Labute approximate surface area is 110 Å². The van der Waals surface area contributed by atoms with Crippen molar-refractivity contribution in [3.8, 4) is 0 Å². The summed E-state index contributed by atoms with van der Waals surface area (Å²) >= 11 is 0. The molecule has 1 aromatic rings. The molecule has 1 spiro atoms. The molecule has 1 aromatic carbocycles. The molecule has 2 atom stereocenters. The molecule has 2 nitrogen and oxygen atoms in total. The topological polar surface area (TPSA) is 21.3 Å². The largest absolute Gasteiger partial charge is 0.384 e. The second-order valence-electron chi connectivity index (χ2n) is 5.99. The lowest BCUT2D eigenvalue weighted by molar-refractivity contribution is -0.0179. The predicted octanol–water partition coefficient (Wildman–Crippen LogP) is 3.56. The van der Waals surface area contributed by atoms with Gasteiger partial charge in [0.05, 0.1) is 6.10 Å². The summed E-state index contributed by atoms with van der Waals surface area (Å²) < 4.78 is 5.86. The van der Waals surface area contributed by atoms with Crippen LogP contribution in [-0.2, 0) is 10.2 Å². The molecule has 0 bridgehead atoms. The van der Waals surface area contributed by atoms with E-state index in [0.29, 0.717) is 11.5 Å². The maximum Gasteiger partial charge on any atom is 0.0581 e. The molecule has 0 aliphatic carbocycles. The molecule has 2 aliphatic rings. The first-order chi connectivity index (χ1) is 8.64. The van der Waals surface area contributed by atoms with Crippen LogP contribution in [0.1, 0.15) is 42.9 Å². The summed E-state index contributed by atoms with van der Waals surface area (Å²) in [6, 6.07) is 4.67. The second kappa shape index (κ2) is 4.27. The number of ether oxygens (including phenoxy) is 1. The number of rotatable bonds is 1. The molecule has 2 heterocycles. The fraction of sp³-hybridized carbons (Fsp3) is 0.625. The number of aryl methyl sites for hydroxylation is 2. The number of benzene rings is 1. The SMILES string of the molecule is CCC1CC2(CCO1)CNc1c(C)cc(C)cc12. The van der Waals surface area contributed by atoms with Crippen LogP contribution in [0.5, 0.6) is 0 Å². The summed E-state index contributed by atoms with van der Waals surface area (Å²) in [7, 11) is 0. The van der Waals surface area contributed by atoms with Crippen molar-refractivity contribution in [3.05, 3.63) is 28.8 Å². The van der Waals surface area contributed by atoms with E-state index < -0.39 is 0 Å². The van der Waals surface area contributed by atoms with Crippen molar-refractivity contribution >= 4 is 5.69 Å². The number of anilines is 1. The lowest BCUT2D eigenvalue weighted by Gasteiger charge is -2.38. The number of hydrogen-bond donors (Lipinski definition) is 1. The van der Waals surface area contributed by atoms with Crippen molar-refractivity contribution in [1.29, 1.82) is 0 Å². The highest BCUT2D eigenvalue weighted by Gasteiger charge is 2.43. The van der Waals surface area contributed by atoms with Crippen LogP contribution in [0, 0.1) is 13.8 Å². The minimum atomic E-state index is 0.324. The maximum atomic E-state index is 5.86. The van der Waals surface area contributed by atoms with E-state index in [1.807, 2.05) is 0 Å². The summed E-state index contributed by atoms with van der Waals surface area (Å²) in [5.41, 5.74) is 6.03. The van der Waals surface area contributed by atoms with Crippen molar-refractivity contribution < 1.29 is 4.74 Å². The normalized spacial score (nSPS) is 30.3. The molecule has 2 heteroatoms. The number of hydrogen-bond acceptors (Lipinski definition) is 2. The highest BCUT2D eigenvalue weighted by Crippen LogP contribution is 2.46. The zero-order valence-corrected chi connectivity index (χ0v) is 11.7. The van der Waals surface area contributed by atoms with Gasteiger partial charge in [0.15, 0.2) is 0 Å². The van der Waals surface area contributed by atoms with E-state index in [1.165, 1.54) is 23.2 Å². The van der Waals surface area contributed by atoms with Gasteiger partial charge in [0.1, 0.15) is 0 Å². The van der Waals surface area contributed by atoms with Gasteiger partial charge in [-0.3, -0.25) is 0 Å². The molecular weight excluding hydrogens is 222 g/mol. The van der Waals surface area contributed by atoms with Crippen LogP contribution in [0.15, 0.2) is 12.1 Å². The van der Waals surface area contributed by atoms with Gasteiger partial charge in [0.25, 0.3) is 0 Å². The van der Waals surface area contributed by atoms with Gasteiger partial charge in [0, 0.05) is 24.3 Å². The van der Waals surface area contributed by atoms with E-state index in [1.54, 1.807) is 5.56 Å². The van der Waals surface area contributed by atoms with Gasteiger partial charge >= 0.3 is 0 Å².